The van der Waals surface area contributed by atoms with Crippen LogP contribution in [0.15, 0.2) is 288 Å². The van der Waals surface area contributed by atoms with Crippen LogP contribution in [0.1, 0.15) is 22.3 Å². The third kappa shape index (κ3) is 6.25. The maximum Gasteiger partial charge on any atom is 0.159 e. The molecule has 0 unspecified atom stereocenters. The van der Waals surface area contributed by atoms with Crippen molar-refractivity contribution in [1.82, 2.24) is 0 Å². The average Bonchev–Trinajstić information content (AvgIpc) is 2.29. The lowest BCUT2D eigenvalue weighted by atomic mass is 9.68. The van der Waals surface area contributed by atoms with Crippen LogP contribution >= 0.6 is 0 Å². The average molecular weight is 1010 g/mol. The van der Waals surface area contributed by atoms with Gasteiger partial charge in [0.15, 0.2) is 11.2 Å². The molecule has 1 spiro atoms. The first-order chi connectivity index (χ1) is 39.2. The summed E-state index contributed by atoms with van der Waals surface area (Å²) >= 11 is 0. The Balaban J connectivity index is 0.821. The minimum atomic E-state index is -0.579. The Bertz CT molecular complexity index is 4930. The van der Waals surface area contributed by atoms with Gasteiger partial charge in [-0.3, -0.25) is 0 Å². The molecule has 2 aliphatic rings. The van der Waals surface area contributed by atoms with Crippen molar-refractivity contribution in [2.45, 2.75) is 5.41 Å². The van der Waals surface area contributed by atoms with E-state index in [-0.39, 0.29) is 0 Å². The van der Waals surface area contributed by atoms with Gasteiger partial charge in [0.1, 0.15) is 11.2 Å². The van der Waals surface area contributed by atoms with Crippen LogP contribution in [0.2, 0.25) is 0 Å². The van der Waals surface area contributed by atoms with Gasteiger partial charge in [-0.1, -0.05) is 200 Å². The van der Waals surface area contributed by atoms with Gasteiger partial charge >= 0.3 is 0 Å². The molecule has 0 radical (unpaired) electrons. The molecule has 368 valence electrons. The lowest BCUT2D eigenvalue weighted by Crippen LogP contribution is -2.26. The minimum absolute atomic E-state index is 0.579. The molecule has 17 rings (SSSR count). The first-order valence-corrected chi connectivity index (χ1v) is 27.1. The molecule has 0 fully saturated rings. The van der Waals surface area contributed by atoms with Crippen LogP contribution < -0.4 is 9.80 Å². The zero-order valence-electron chi connectivity index (χ0n) is 42.8. The molecular weight excluding hydrogens is 961 g/mol. The van der Waals surface area contributed by atoms with Gasteiger partial charge in [0.2, 0.25) is 0 Å². The van der Waals surface area contributed by atoms with Crippen LogP contribution in [0, 0.1) is 0 Å². The highest BCUT2D eigenvalue weighted by Gasteiger charge is 2.53. The number of furan rings is 2. The van der Waals surface area contributed by atoms with Crippen molar-refractivity contribution in [1.29, 1.82) is 0 Å². The summed E-state index contributed by atoms with van der Waals surface area (Å²) in [6.45, 7) is 0. The fourth-order valence-corrected chi connectivity index (χ4v) is 13.7. The summed E-state index contributed by atoms with van der Waals surface area (Å²) in [7, 11) is 0. The monoisotopic (exact) mass is 1010 g/mol. The lowest BCUT2D eigenvalue weighted by Gasteiger charge is -2.32. The van der Waals surface area contributed by atoms with Crippen LogP contribution in [0.4, 0.5) is 34.1 Å². The molecule has 4 heteroatoms. The molecule has 0 saturated carbocycles. The van der Waals surface area contributed by atoms with E-state index < -0.39 is 5.41 Å². The minimum Gasteiger partial charge on any atom is -0.454 e. The van der Waals surface area contributed by atoms with E-state index in [1.165, 1.54) is 71.6 Å². The van der Waals surface area contributed by atoms with Crippen molar-refractivity contribution in [3.63, 3.8) is 0 Å². The second-order valence-electron chi connectivity index (χ2n) is 21.1. The highest BCUT2D eigenvalue weighted by Crippen LogP contribution is 2.65. The SMILES string of the molecule is c1ccc(N(c2ccc(-c3ccc4c5c(ccc4c3)-c3ccc4cc(N(c6ccccc6)c6cccc7c6oc6ccccc67)ccc4c3C53c4ccccc4-c4ccccc43)cc2)c2cccc3c2oc2ccccc23)cc1. The molecule has 0 atom stereocenters. The van der Waals surface area contributed by atoms with Crippen molar-refractivity contribution >= 4 is 99.5 Å². The van der Waals surface area contributed by atoms with Crippen molar-refractivity contribution < 1.29 is 8.83 Å². The number of benzene rings is 13. The maximum absolute atomic E-state index is 6.71. The lowest BCUT2D eigenvalue weighted by molar-refractivity contribution is 0.668. The summed E-state index contributed by atoms with van der Waals surface area (Å²) in [5.74, 6) is 0. The van der Waals surface area contributed by atoms with Gasteiger partial charge in [0.05, 0.1) is 16.8 Å². The molecule has 4 nitrogen and oxygen atoms in total. The summed E-state index contributed by atoms with van der Waals surface area (Å²) < 4.78 is 13.3. The van der Waals surface area contributed by atoms with Crippen molar-refractivity contribution in [3.8, 4) is 33.4 Å². The van der Waals surface area contributed by atoms with Crippen molar-refractivity contribution in [3.05, 3.63) is 301 Å². The zero-order chi connectivity index (χ0) is 51.8. The number of fused-ring (bicyclic) bond motifs is 20. The molecule has 0 saturated heterocycles. The topological polar surface area (TPSA) is 32.8 Å². The molecule has 15 aromatic rings. The summed E-state index contributed by atoms with van der Waals surface area (Å²) in [5, 5.41) is 9.32. The van der Waals surface area contributed by atoms with Crippen LogP contribution in [0.25, 0.3) is 98.8 Å². The third-order valence-electron chi connectivity index (χ3n) is 17.0. The molecule has 0 amide bonds. The van der Waals surface area contributed by atoms with Crippen LogP contribution in [0.3, 0.4) is 0 Å². The largest absolute Gasteiger partial charge is 0.454 e. The molecule has 79 heavy (non-hydrogen) atoms. The Kier molecular flexibility index (Phi) is 9.30. The van der Waals surface area contributed by atoms with E-state index in [2.05, 4.69) is 271 Å². The first-order valence-electron chi connectivity index (χ1n) is 27.1. The number of hydrogen-bond acceptors (Lipinski definition) is 4. The van der Waals surface area contributed by atoms with Crippen molar-refractivity contribution in [2.75, 3.05) is 9.80 Å². The second-order valence-corrected chi connectivity index (χ2v) is 21.1. The van der Waals surface area contributed by atoms with Gasteiger partial charge in [-0.15, -0.1) is 0 Å². The Hall–Kier alpha value is -10.4. The highest BCUT2D eigenvalue weighted by atomic mass is 16.3. The molecule has 0 N–H and O–H groups in total. The molecule has 0 bridgehead atoms. The fourth-order valence-electron chi connectivity index (χ4n) is 13.7. The van der Waals surface area contributed by atoms with E-state index in [1.807, 2.05) is 18.2 Å². The fraction of sp³-hybridized carbons (Fsp3) is 0.0133. The first kappa shape index (κ1) is 43.8. The summed E-state index contributed by atoms with van der Waals surface area (Å²) in [6, 6.07) is 102. The normalized spacial score (nSPS) is 12.9. The number of rotatable bonds is 7. The second kappa shape index (κ2) is 16.8. The summed E-state index contributed by atoms with van der Waals surface area (Å²) in [6.07, 6.45) is 0. The predicted octanol–water partition coefficient (Wildman–Crippen LogP) is 20.7. The van der Waals surface area contributed by atoms with E-state index in [4.69, 9.17) is 8.83 Å². The number of para-hydroxylation sites is 6. The Morgan fingerprint density at radius 3 is 1.27 bits per heavy atom. The third-order valence-corrected chi connectivity index (χ3v) is 17.0. The zero-order valence-corrected chi connectivity index (χ0v) is 42.8. The molecule has 13 aromatic carbocycles. The number of hydrogen-bond donors (Lipinski definition) is 0. The Morgan fingerprint density at radius 2 is 0.696 bits per heavy atom. The van der Waals surface area contributed by atoms with Gasteiger partial charge in [0.25, 0.3) is 0 Å². The van der Waals surface area contributed by atoms with E-state index in [1.54, 1.807) is 0 Å². The number of anilines is 6. The van der Waals surface area contributed by atoms with Crippen LogP contribution in [-0.2, 0) is 5.41 Å². The van der Waals surface area contributed by atoms with Gasteiger partial charge in [-0.05, 0) is 156 Å². The quantitative estimate of drug-likeness (QED) is 0.159. The van der Waals surface area contributed by atoms with E-state index >= 15 is 0 Å². The Labute approximate surface area is 455 Å². The smallest absolute Gasteiger partial charge is 0.159 e. The van der Waals surface area contributed by atoms with E-state index in [0.29, 0.717) is 0 Å². The number of nitrogens with zero attached hydrogens (tertiary/aromatic N) is 2. The van der Waals surface area contributed by atoms with Crippen LogP contribution in [-0.4, -0.2) is 0 Å². The van der Waals surface area contributed by atoms with E-state index in [0.717, 1.165) is 83.6 Å². The Morgan fingerprint density at radius 1 is 0.266 bits per heavy atom. The van der Waals surface area contributed by atoms with Crippen LogP contribution in [0.5, 0.6) is 0 Å². The van der Waals surface area contributed by atoms with Gasteiger partial charge in [-0.2, -0.15) is 0 Å². The molecule has 0 aliphatic heterocycles. The maximum atomic E-state index is 6.71. The van der Waals surface area contributed by atoms with Gasteiger partial charge in [-0.25, -0.2) is 0 Å². The van der Waals surface area contributed by atoms with E-state index in [9.17, 15) is 0 Å². The summed E-state index contributed by atoms with van der Waals surface area (Å²) in [4.78, 5) is 4.65. The van der Waals surface area contributed by atoms with Crippen molar-refractivity contribution in [2.24, 2.45) is 0 Å². The predicted molar refractivity (Wildman–Crippen MR) is 327 cm³/mol. The molecule has 2 aliphatic carbocycles. The highest BCUT2D eigenvalue weighted by molar-refractivity contribution is 6.13. The van der Waals surface area contributed by atoms with Gasteiger partial charge in [0, 0.05) is 44.3 Å². The standard InChI is InChI=1S/C75H46N2O2/c1-3-17-51(18-4-1)76(67-29-15-25-63-59-23-9-13-31-69(59)78-73(63)67)53-38-33-47(34-39-53)48-35-41-55-49(45-48)36-42-61-62-43-37-50-46-54(77(52-19-5-2-6-20-52)68-30-16-26-64-60-24-10-14-32-70(60)79-74(64)68)40-44-56(50)72(62)75(71(55)61)65-27-11-7-21-57(65)58-22-8-12-28-66(58)75/h1-46H. The van der Waals surface area contributed by atoms with Gasteiger partial charge < -0.3 is 18.6 Å². The summed E-state index contributed by atoms with van der Waals surface area (Å²) in [5.41, 5.74) is 21.9. The molecule has 2 heterocycles. The molecular formula is C75H46N2O2. The molecule has 2 aromatic heterocycles.